The van der Waals surface area contributed by atoms with E-state index >= 15 is 0 Å². The van der Waals surface area contributed by atoms with E-state index in [9.17, 15) is 10.0 Å². The Kier molecular flexibility index (Phi) is 6.76. The van der Waals surface area contributed by atoms with Gasteiger partial charge in [0.2, 0.25) is 0 Å². The molecule has 2 aromatic rings. The van der Waals surface area contributed by atoms with E-state index < -0.39 is 7.12 Å². The average molecular weight is 359 g/mol. The summed E-state index contributed by atoms with van der Waals surface area (Å²) in [6.45, 7) is 0.257. The normalized spacial score (nSPS) is 10.5. The van der Waals surface area contributed by atoms with Crippen LogP contribution in [-0.4, -0.2) is 35.6 Å². The molecular formula is C16H18BN3O4S. The van der Waals surface area contributed by atoms with Crippen LogP contribution in [0.3, 0.4) is 0 Å². The van der Waals surface area contributed by atoms with Gasteiger partial charge in [0.15, 0.2) is 16.6 Å². The van der Waals surface area contributed by atoms with Gasteiger partial charge in [-0.25, -0.2) is 0 Å². The van der Waals surface area contributed by atoms with E-state index in [1.807, 2.05) is 30.3 Å². The molecule has 2 aromatic carbocycles. The summed E-state index contributed by atoms with van der Waals surface area (Å²) in [6.07, 6.45) is 1.43. The van der Waals surface area contributed by atoms with Gasteiger partial charge in [-0.05, 0) is 35.5 Å². The molecule has 0 heterocycles. The Morgan fingerprint density at radius 2 is 2.04 bits per heavy atom. The maximum atomic E-state index is 9.68. The minimum Gasteiger partial charge on any atom is -0.493 e. The number of rotatable bonds is 7. The number of nitrogens with one attached hydrogen (secondary N) is 1. The van der Waals surface area contributed by atoms with Crippen molar-refractivity contribution in [3.8, 4) is 11.5 Å². The van der Waals surface area contributed by atoms with Crippen molar-refractivity contribution in [3.63, 3.8) is 0 Å². The van der Waals surface area contributed by atoms with Gasteiger partial charge >= 0.3 is 7.12 Å². The second kappa shape index (κ2) is 9.02. The Balaban J connectivity index is 2.30. The second-order valence-electron chi connectivity index (χ2n) is 5.02. The van der Waals surface area contributed by atoms with Crippen LogP contribution in [0.25, 0.3) is 0 Å². The summed E-state index contributed by atoms with van der Waals surface area (Å²) >= 11 is 4.66. The summed E-state index contributed by atoms with van der Waals surface area (Å²) in [4.78, 5) is 0. The molecular weight excluding hydrogens is 341 g/mol. The van der Waals surface area contributed by atoms with Gasteiger partial charge in [0.1, 0.15) is 6.61 Å². The topological polar surface area (TPSA) is 109 Å². The summed E-state index contributed by atoms with van der Waals surface area (Å²) < 4.78 is 11.1. The summed E-state index contributed by atoms with van der Waals surface area (Å²) in [7, 11) is -0.275. The lowest BCUT2D eigenvalue weighted by Crippen LogP contribution is -2.32. The fourth-order valence-corrected chi connectivity index (χ4v) is 2.17. The van der Waals surface area contributed by atoms with Crippen molar-refractivity contribution in [2.75, 3.05) is 7.11 Å². The maximum Gasteiger partial charge on any atom is 0.492 e. The van der Waals surface area contributed by atoms with E-state index in [1.165, 1.54) is 19.4 Å². The Morgan fingerprint density at radius 1 is 1.32 bits per heavy atom. The van der Waals surface area contributed by atoms with Crippen molar-refractivity contribution in [3.05, 3.63) is 53.6 Å². The SMILES string of the molecule is COc1cc(C=NNC(N)=S)cc(B(O)O)c1OCc1ccccc1. The highest BCUT2D eigenvalue weighted by molar-refractivity contribution is 7.80. The summed E-state index contributed by atoms with van der Waals surface area (Å²) in [5, 5.41) is 23.2. The molecule has 0 radical (unpaired) electrons. The molecule has 0 saturated heterocycles. The molecule has 0 aromatic heterocycles. The van der Waals surface area contributed by atoms with Crippen LogP contribution < -0.4 is 26.1 Å². The molecule has 0 spiro atoms. The van der Waals surface area contributed by atoms with E-state index in [4.69, 9.17) is 15.2 Å². The van der Waals surface area contributed by atoms with E-state index in [2.05, 4.69) is 22.7 Å². The van der Waals surface area contributed by atoms with E-state index in [1.54, 1.807) is 6.07 Å². The number of nitrogens with zero attached hydrogens (tertiary/aromatic N) is 1. The molecule has 9 heteroatoms. The largest absolute Gasteiger partial charge is 0.493 e. The van der Waals surface area contributed by atoms with Crippen LogP contribution in [0.15, 0.2) is 47.6 Å². The zero-order chi connectivity index (χ0) is 18.2. The highest BCUT2D eigenvalue weighted by Crippen LogP contribution is 2.27. The molecule has 5 N–H and O–H groups in total. The van der Waals surface area contributed by atoms with Gasteiger partial charge in [-0.1, -0.05) is 30.3 Å². The van der Waals surface area contributed by atoms with Crippen LogP contribution in [0.4, 0.5) is 0 Å². The minimum atomic E-state index is -1.74. The van der Waals surface area contributed by atoms with Crippen molar-refractivity contribution in [1.29, 1.82) is 0 Å². The number of nitrogens with two attached hydrogens (primary N) is 1. The number of hydrogen-bond donors (Lipinski definition) is 4. The monoisotopic (exact) mass is 359 g/mol. The number of methoxy groups -OCH3 is 1. The lowest BCUT2D eigenvalue weighted by Gasteiger charge is -2.16. The summed E-state index contributed by atoms with van der Waals surface area (Å²) in [6, 6.07) is 12.7. The van der Waals surface area contributed by atoms with Gasteiger partial charge in [-0.3, -0.25) is 5.43 Å². The number of benzene rings is 2. The number of hydrogen-bond acceptors (Lipinski definition) is 6. The third-order valence-electron chi connectivity index (χ3n) is 3.22. The number of hydrazone groups is 1. The Hall–Kier alpha value is -2.62. The summed E-state index contributed by atoms with van der Waals surface area (Å²) in [5.41, 5.74) is 9.36. The standard InChI is InChI=1S/C16H18BN3O4S/c1-23-14-8-12(9-19-20-16(18)25)7-13(17(21)22)15(14)24-10-11-5-3-2-4-6-11/h2-9,21-22H,10H2,1H3,(H3,18,20,25). The Bertz CT molecular complexity index is 757. The molecule has 0 saturated carbocycles. The predicted molar refractivity (Wildman–Crippen MR) is 101 cm³/mol. The van der Waals surface area contributed by atoms with Crippen LogP contribution in [-0.2, 0) is 6.61 Å². The van der Waals surface area contributed by atoms with Crippen LogP contribution in [0.1, 0.15) is 11.1 Å². The molecule has 0 aliphatic heterocycles. The fourth-order valence-electron chi connectivity index (χ4n) is 2.12. The molecule has 0 fully saturated rings. The second-order valence-corrected chi connectivity index (χ2v) is 5.46. The van der Waals surface area contributed by atoms with Crippen molar-refractivity contribution in [2.24, 2.45) is 10.8 Å². The smallest absolute Gasteiger partial charge is 0.492 e. The third-order valence-corrected chi connectivity index (χ3v) is 3.31. The van der Waals surface area contributed by atoms with Crippen LogP contribution in [0.2, 0.25) is 0 Å². The maximum absolute atomic E-state index is 9.68. The van der Waals surface area contributed by atoms with Crippen LogP contribution in [0.5, 0.6) is 11.5 Å². The minimum absolute atomic E-state index is 0.0217. The Labute approximate surface area is 151 Å². The molecule has 2 rings (SSSR count). The van der Waals surface area contributed by atoms with E-state index in [0.717, 1.165) is 5.56 Å². The molecule has 0 unspecified atom stereocenters. The van der Waals surface area contributed by atoms with Crippen molar-refractivity contribution in [2.45, 2.75) is 6.61 Å². The Morgan fingerprint density at radius 3 is 2.64 bits per heavy atom. The summed E-state index contributed by atoms with van der Waals surface area (Å²) in [5.74, 6) is 0.596. The van der Waals surface area contributed by atoms with E-state index in [0.29, 0.717) is 11.3 Å². The quantitative estimate of drug-likeness (QED) is 0.241. The fraction of sp³-hybridized carbons (Fsp3) is 0.125. The first-order chi connectivity index (χ1) is 12.0. The van der Waals surface area contributed by atoms with Gasteiger partial charge in [0.05, 0.1) is 13.3 Å². The average Bonchev–Trinajstić information content (AvgIpc) is 2.60. The lowest BCUT2D eigenvalue weighted by molar-refractivity contribution is 0.285. The van der Waals surface area contributed by atoms with Crippen LogP contribution in [0, 0.1) is 0 Å². The van der Waals surface area contributed by atoms with Gasteiger partial charge in [0.25, 0.3) is 0 Å². The van der Waals surface area contributed by atoms with Crippen LogP contribution >= 0.6 is 12.2 Å². The molecule has 0 aliphatic carbocycles. The third kappa shape index (κ3) is 5.45. The zero-order valence-corrected chi connectivity index (χ0v) is 14.4. The van der Waals surface area contributed by atoms with Gasteiger partial charge < -0.3 is 25.3 Å². The molecule has 0 aliphatic rings. The first-order valence-electron chi connectivity index (χ1n) is 7.34. The first kappa shape index (κ1) is 18.7. The van der Waals surface area contributed by atoms with E-state index in [-0.39, 0.29) is 22.9 Å². The van der Waals surface area contributed by atoms with Crippen molar-refractivity contribution in [1.82, 2.24) is 5.43 Å². The van der Waals surface area contributed by atoms with Gasteiger partial charge in [-0.15, -0.1) is 0 Å². The van der Waals surface area contributed by atoms with Gasteiger partial charge in [0, 0.05) is 5.46 Å². The van der Waals surface area contributed by atoms with Crippen molar-refractivity contribution >= 4 is 36.1 Å². The first-order valence-corrected chi connectivity index (χ1v) is 7.75. The molecule has 130 valence electrons. The highest BCUT2D eigenvalue weighted by atomic mass is 32.1. The molecule has 7 nitrogen and oxygen atoms in total. The molecule has 25 heavy (non-hydrogen) atoms. The molecule has 0 atom stereocenters. The predicted octanol–water partition coefficient (Wildman–Crippen LogP) is 0.121. The zero-order valence-electron chi connectivity index (χ0n) is 13.5. The molecule has 0 amide bonds. The van der Waals surface area contributed by atoms with Gasteiger partial charge in [-0.2, -0.15) is 5.10 Å². The molecule has 0 bridgehead atoms. The number of ether oxygens (including phenoxy) is 2. The lowest BCUT2D eigenvalue weighted by atomic mass is 9.78. The van der Waals surface area contributed by atoms with Crippen molar-refractivity contribution < 1.29 is 19.5 Å². The highest BCUT2D eigenvalue weighted by Gasteiger charge is 2.22. The number of thiocarbonyl (C=S) groups is 1.